The Bertz CT molecular complexity index is 913. The number of hydrogen-bond donors (Lipinski definition) is 0. The second-order valence-corrected chi connectivity index (χ2v) is 5.73. The van der Waals surface area contributed by atoms with E-state index in [9.17, 15) is 0 Å². The number of rotatable bonds is 1. The Morgan fingerprint density at radius 3 is 1.95 bits per heavy atom. The van der Waals surface area contributed by atoms with Crippen LogP contribution in [0.5, 0.6) is 0 Å². The predicted molar refractivity (Wildman–Crippen MR) is 90.5 cm³/mol. The van der Waals surface area contributed by atoms with Gasteiger partial charge in [0.25, 0.3) is 0 Å². The van der Waals surface area contributed by atoms with Crippen molar-refractivity contribution in [1.29, 1.82) is 0 Å². The normalized spacial score (nSPS) is 11.3. The Kier molecular flexibility index (Phi) is 2.76. The van der Waals surface area contributed by atoms with Crippen molar-refractivity contribution in [3.63, 3.8) is 0 Å². The van der Waals surface area contributed by atoms with Gasteiger partial charge in [0.15, 0.2) is 0 Å². The van der Waals surface area contributed by atoms with Crippen molar-refractivity contribution in [2.24, 2.45) is 0 Å². The van der Waals surface area contributed by atoms with Crippen LogP contribution in [0.3, 0.4) is 0 Å². The van der Waals surface area contributed by atoms with Gasteiger partial charge in [-0.2, -0.15) is 0 Å². The third kappa shape index (κ3) is 1.85. The van der Waals surface area contributed by atoms with E-state index in [1.807, 2.05) is 12.1 Å². The molecule has 4 aromatic rings. The zero-order valence-electron chi connectivity index (χ0n) is 11.7. The fourth-order valence-electron chi connectivity index (χ4n) is 2.98. The maximum atomic E-state index is 6.47. The highest BCUT2D eigenvalue weighted by atomic mass is 35.5. The number of benzene rings is 3. The first-order valence-corrected chi connectivity index (χ1v) is 7.38. The molecule has 0 bridgehead atoms. The quantitative estimate of drug-likeness (QED) is 0.421. The molecule has 0 saturated carbocycles. The van der Waals surface area contributed by atoms with Crippen molar-refractivity contribution in [3.8, 4) is 5.69 Å². The van der Waals surface area contributed by atoms with Gasteiger partial charge in [-0.05, 0) is 36.8 Å². The summed E-state index contributed by atoms with van der Waals surface area (Å²) in [5.74, 6) is 0. The van der Waals surface area contributed by atoms with Crippen LogP contribution >= 0.6 is 11.6 Å². The molecule has 0 N–H and O–H groups in total. The van der Waals surface area contributed by atoms with Crippen LogP contribution in [-0.2, 0) is 0 Å². The van der Waals surface area contributed by atoms with Crippen LogP contribution in [0.25, 0.3) is 27.5 Å². The molecule has 0 radical (unpaired) electrons. The van der Waals surface area contributed by atoms with Crippen LogP contribution in [0.2, 0.25) is 5.02 Å². The smallest absolute Gasteiger partial charge is 0.0651 e. The molecule has 0 atom stereocenters. The zero-order chi connectivity index (χ0) is 14.4. The van der Waals surface area contributed by atoms with Crippen LogP contribution < -0.4 is 0 Å². The summed E-state index contributed by atoms with van der Waals surface area (Å²) in [5, 5.41) is 3.28. The Balaban J connectivity index is 2.23. The van der Waals surface area contributed by atoms with E-state index in [4.69, 9.17) is 11.6 Å². The highest BCUT2D eigenvalue weighted by Crippen LogP contribution is 2.34. The van der Waals surface area contributed by atoms with E-state index in [2.05, 4.69) is 66.1 Å². The van der Waals surface area contributed by atoms with Gasteiger partial charge in [0, 0.05) is 10.8 Å². The Hall–Kier alpha value is -2.25. The molecular weight excluding hydrogens is 278 g/mol. The second kappa shape index (κ2) is 4.64. The molecule has 0 aliphatic heterocycles. The molecular formula is C19H14ClN. The van der Waals surface area contributed by atoms with E-state index in [-0.39, 0.29) is 0 Å². The van der Waals surface area contributed by atoms with Crippen molar-refractivity contribution in [1.82, 2.24) is 4.57 Å². The highest BCUT2D eigenvalue weighted by Gasteiger charge is 2.13. The molecule has 1 nitrogen and oxygen atoms in total. The van der Waals surface area contributed by atoms with Crippen molar-refractivity contribution < 1.29 is 0 Å². The van der Waals surface area contributed by atoms with E-state index < -0.39 is 0 Å². The Labute approximate surface area is 128 Å². The number of halogens is 1. The minimum absolute atomic E-state index is 0.770. The van der Waals surface area contributed by atoms with Crippen LogP contribution in [0, 0.1) is 6.92 Å². The molecule has 0 spiro atoms. The summed E-state index contributed by atoms with van der Waals surface area (Å²) >= 11 is 6.47. The van der Waals surface area contributed by atoms with Crippen molar-refractivity contribution in [2.75, 3.05) is 0 Å². The lowest BCUT2D eigenvalue weighted by atomic mass is 10.2. The van der Waals surface area contributed by atoms with Crippen LogP contribution in [0.1, 0.15) is 5.56 Å². The molecule has 4 rings (SSSR count). The predicted octanol–water partition coefficient (Wildman–Crippen LogP) is 5.75. The molecule has 3 aromatic carbocycles. The summed E-state index contributed by atoms with van der Waals surface area (Å²) in [6.45, 7) is 2.09. The molecule has 21 heavy (non-hydrogen) atoms. The molecule has 0 fully saturated rings. The first kappa shape index (κ1) is 12.5. The van der Waals surface area contributed by atoms with E-state index in [0.29, 0.717) is 0 Å². The van der Waals surface area contributed by atoms with Gasteiger partial charge in [0.1, 0.15) is 0 Å². The van der Waals surface area contributed by atoms with Crippen LogP contribution in [0.15, 0.2) is 66.7 Å². The summed E-state index contributed by atoms with van der Waals surface area (Å²) in [4.78, 5) is 0. The lowest BCUT2D eigenvalue weighted by Gasteiger charge is -2.10. The lowest BCUT2D eigenvalue weighted by Crippen LogP contribution is -1.95. The molecule has 2 heteroatoms. The summed E-state index contributed by atoms with van der Waals surface area (Å²) in [6, 6.07) is 23.1. The molecule has 0 aliphatic rings. The summed E-state index contributed by atoms with van der Waals surface area (Å²) in [6.07, 6.45) is 0. The van der Waals surface area contributed by atoms with Gasteiger partial charge in [0.2, 0.25) is 0 Å². The van der Waals surface area contributed by atoms with Gasteiger partial charge in [-0.15, -0.1) is 0 Å². The van der Waals surface area contributed by atoms with E-state index in [0.717, 1.165) is 10.7 Å². The highest BCUT2D eigenvalue weighted by molar-refractivity contribution is 6.32. The zero-order valence-corrected chi connectivity index (χ0v) is 12.4. The Morgan fingerprint density at radius 1 is 0.762 bits per heavy atom. The largest absolute Gasteiger partial charge is 0.308 e. The molecule has 1 aromatic heterocycles. The number of fused-ring (bicyclic) bond motifs is 3. The van der Waals surface area contributed by atoms with Gasteiger partial charge >= 0.3 is 0 Å². The molecule has 1 heterocycles. The van der Waals surface area contributed by atoms with Crippen molar-refractivity contribution in [2.45, 2.75) is 6.92 Å². The van der Waals surface area contributed by atoms with Gasteiger partial charge in [-0.1, -0.05) is 54.1 Å². The van der Waals surface area contributed by atoms with Gasteiger partial charge in [-0.3, -0.25) is 0 Å². The van der Waals surface area contributed by atoms with Crippen LogP contribution in [-0.4, -0.2) is 4.57 Å². The number of para-hydroxylation sites is 2. The minimum atomic E-state index is 0.770. The maximum Gasteiger partial charge on any atom is 0.0651 e. The maximum absolute atomic E-state index is 6.47. The summed E-state index contributed by atoms with van der Waals surface area (Å²) in [5.41, 5.74) is 4.61. The average molecular weight is 292 g/mol. The van der Waals surface area contributed by atoms with Crippen molar-refractivity contribution in [3.05, 3.63) is 77.3 Å². The van der Waals surface area contributed by atoms with Gasteiger partial charge < -0.3 is 4.57 Å². The van der Waals surface area contributed by atoms with E-state index in [1.165, 1.54) is 27.4 Å². The number of aryl methyl sites for hydroxylation is 1. The first-order chi connectivity index (χ1) is 10.3. The van der Waals surface area contributed by atoms with E-state index >= 15 is 0 Å². The molecule has 0 aliphatic carbocycles. The third-order valence-electron chi connectivity index (χ3n) is 3.92. The van der Waals surface area contributed by atoms with Gasteiger partial charge in [-0.25, -0.2) is 0 Å². The molecule has 0 saturated heterocycles. The number of hydrogen-bond acceptors (Lipinski definition) is 0. The topological polar surface area (TPSA) is 4.93 Å². The first-order valence-electron chi connectivity index (χ1n) is 7.00. The molecule has 0 amide bonds. The lowest BCUT2D eigenvalue weighted by molar-refractivity contribution is 1.17. The summed E-state index contributed by atoms with van der Waals surface area (Å²) in [7, 11) is 0. The molecule has 102 valence electrons. The fourth-order valence-corrected chi connectivity index (χ4v) is 3.18. The van der Waals surface area contributed by atoms with E-state index in [1.54, 1.807) is 0 Å². The standard InChI is InChI=1S/C19H14ClN/c1-13-10-11-16(20)19(12-13)21-17-8-4-2-6-14(17)15-7-3-5-9-18(15)21/h2-12H,1H3. The van der Waals surface area contributed by atoms with Crippen LogP contribution in [0.4, 0.5) is 0 Å². The third-order valence-corrected chi connectivity index (χ3v) is 4.24. The van der Waals surface area contributed by atoms with Crippen molar-refractivity contribution >= 4 is 33.4 Å². The number of aromatic nitrogens is 1. The fraction of sp³-hybridized carbons (Fsp3) is 0.0526. The Morgan fingerprint density at radius 2 is 1.33 bits per heavy atom. The minimum Gasteiger partial charge on any atom is -0.308 e. The second-order valence-electron chi connectivity index (χ2n) is 5.32. The molecule has 0 unspecified atom stereocenters. The average Bonchev–Trinajstić information content (AvgIpc) is 2.84. The summed E-state index contributed by atoms with van der Waals surface area (Å²) < 4.78 is 2.25. The SMILES string of the molecule is Cc1ccc(Cl)c(-n2c3ccccc3c3ccccc32)c1. The monoisotopic (exact) mass is 291 g/mol. The van der Waals surface area contributed by atoms with Gasteiger partial charge in [0.05, 0.1) is 21.7 Å². The number of nitrogens with zero attached hydrogens (tertiary/aromatic N) is 1.